The van der Waals surface area contributed by atoms with Crippen molar-refractivity contribution in [3.63, 3.8) is 0 Å². The predicted molar refractivity (Wildman–Crippen MR) is 68.2 cm³/mol. The van der Waals surface area contributed by atoms with Crippen molar-refractivity contribution in [1.29, 1.82) is 0 Å². The maximum absolute atomic E-state index is 4.33. The van der Waals surface area contributed by atoms with Crippen LogP contribution in [0.1, 0.15) is 19.8 Å². The molecule has 0 aromatic carbocycles. The first-order valence-electron chi connectivity index (χ1n) is 5.94. The number of hydrogen-bond acceptors (Lipinski definition) is 6. The first kappa shape index (κ1) is 10.8. The van der Waals surface area contributed by atoms with Gasteiger partial charge < -0.3 is 5.32 Å². The molecule has 0 amide bonds. The van der Waals surface area contributed by atoms with Gasteiger partial charge in [0.2, 0.25) is 5.65 Å². The smallest absolute Gasteiger partial charge is 0.203 e. The summed E-state index contributed by atoms with van der Waals surface area (Å²) < 4.78 is 0. The van der Waals surface area contributed by atoms with Crippen molar-refractivity contribution in [3.8, 4) is 0 Å². The molecule has 3 heterocycles. The van der Waals surface area contributed by atoms with Crippen LogP contribution in [-0.2, 0) is 0 Å². The van der Waals surface area contributed by atoms with Gasteiger partial charge in [0.1, 0.15) is 17.7 Å². The molecule has 0 fully saturated rings. The lowest BCUT2D eigenvalue weighted by Crippen LogP contribution is -2.04. The van der Waals surface area contributed by atoms with Crippen molar-refractivity contribution in [2.24, 2.45) is 0 Å². The lowest BCUT2D eigenvalue weighted by Gasteiger charge is -2.06. The summed E-state index contributed by atoms with van der Waals surface area (Å²) in [7, 11) is 0. The summed E-state index contributed by atoms with van der Waals surface area (Å²) in [4.78, 5) is 12.7. The zero-order valence-corrected chi connectivity index (χ0v) is 10.0. The fraction of sp³-hybridized carbons (Fsp3) is 0.364. The number of unbranched alkanes of at least 4 members (excludes halogenated alkanes) is 1. The zero-order valence-electron chi connectivity index (χ0n) is 10.0. The van der Waals surface area contributed by atoms with E-state index in [0.29, 0.717) is 11.3 Å². The molecule has 7 heteroatoms. The molecule has 0 aliphatic rings. The highest BCUT2D eigenvalue weighted by atomic mass is 15.3. The Labute approximate surface area is 103 Å². The van der Waals surface area contributed by atoms with Crippen molar-refractivity contribution < 1.29 is 0 Å². The van der Waals surface area contributed by atoms with Crippen LogP contribution in [0.4, 0.5) is 5.82 Å². The molecular weight excluding hydrogens is 230 g/mol. The Morgan fingerprint density at radius 2 is 2.17 bits per heavy atom. The lowest BCUT2D eigenvalue weighted by molar-refractivity contribution is 0.831. The third-order valence-electron chi connectivity index (χ3n) is 2.73. The Hall–Kier alpha value is -2.31. The Morgan fingerprint density at radius 1 is 1.22 bits per heavy atom. The van der Waals surface area contributed by atoms with Gasteiger partial charge >= 0.3 is 0 Å². The number of hydrogen-bond donors (Lipinski definition) is 2. The van der Waals surface area contributed by atoms with Gasteiger partial charge in [-0.25, -0.2) is 15.0 Å². The number of H-pyrrole nitrogens is 1. The van der Waals surface area contributed by atoms with Gasteiger partial charge in [0.05, 0.1) is 5.39 Å². The summed E-state index contributed by atoms with van der Waals surface area (Å²) in [5.74, 6) is 0.797. The van der Waals surface area contributed by atoms with Gasteiger partial charge in [0.15, 0.2) is 5.65 Å². The van der Waals surface area contributed by atoms with E-state index in [1.54, 1.807) is 0 Å². The van der Waals surface area contributed by atoms with Crippen molar-refractivity contribution in [2.75, 3.05) is 11.9 Å². The van der Waals surface area contributed by atoms with Gasteiger partial charge in [-0.05, 0) is 12.5 Å². The van der Waals surface area contributed by atoms with E-state index in [-0.39, 0.29) is 0 Å². The topological polar surface area (TPSA) is 92.3 Å². The van der Waals surface area contributed by atoms with Crippen LogP contribution in [-0.4, -0.2) is 36.9 Å². The van der Waals surface area contributed by atoms with E-state index in [4.69, 9.17) is 0 Å². The average molecular weight is 243 g/mol. The average Bonchev–Trinajstić information content (AvgIpc) is 2.84. The number of nitrogens with one attached hydrogen (secondary N) is 2. The molecule has 0 bridgehead atoms. The minimum Gasteiger partial charge on any atom is -0.369 e. The van der Waals surface area contributed by atoms with Crippen LogP contribution in [0.25, 0.3) is 22.2 Å². The third kappa shape index (κ3) is 1.83. The summed E-state index contributed by atoms with van der Waals surface area (Å²) >= 11 is 0. The Bertz CT molecular complexity index is 675. The third-order valence-corrected chi connectivity index (χ3v) is 2.73. The quantitative estimate of drug-likeness (QED) is 0.675. The SMILES string of the molecule is CCCCNc1ncnc2nc3n[nH]nc3cc12. The molecule has 3 aromatic rings. The lowest BCUT2D eigenvalue weighted by atomic mass is 10.3. The van der Waals surface area contributed by atoms with Crippen LogP contribution in [0.5, 0.6) is 0 Å². The number of anilines is 1. The van der Waals surface area contributed by atoms with Crippen molar-refractivity contribution in [3.05, 3.63) is 12.4 Å². The monoisotopic (exact) mass is 243 g/mol. The summed E-state index contributed by atoms with van der Waals surface area (Å²) in [5.41, 5.74) is 1.92. The molecule has 0 unspecified atom stereocenters. The number of pyridine rings is 1. The minimum atomic E-state index is 0.570. The van der Waals surface area contributed by atoms with E-state index in [0.717, 1.165) is 36.1 Å². The fourth-order valence-electron chi connectivity index (χ4n) is 1.78. The second-order valence-electron chi connectivity index (χ2n) is 4.03. The van der Waals surface area contributed by atoms with Gasteiger partial charge in [-0.1, -0.05) is 13.3 Å². The second-order valence-corrected chi connectivity index (χ2v) is 4.03. The van der Waals surface area contributed by atoms with Crippen LogP contribution < -0.4 is 5.32 Å². The molecule has 0 atom stereocenters. The summed E-state index contributed by atoms with van der Waals surface area (Å²) in [5, 5.41) is 14.7. The van der Waals surface area contributed by atoms with E-state index < -0.39 is 0 Å². The maximum Gasteiger partial charge on any atom is 0.203 e. The van der Waals surface area contributed by atoms with E-state index in [2.05, 4.69) is 42.6 Å². The van der Waals surface area contributed by atoms with Crippen LogP contribution >= 0.6 is 0 Å². The van der Waals surface area contributed by atoms with Gasteiger partial charge in [-0.3, -0.25) is 0 Å². The number of nitrogens with zero attached hydrogens (tertiary/aromatic N) is 5. The molecule has 18 heavy (non-hydrogen) atoms. The van der Waals surface area contributed by atoms with Gasteiger partial charge in [0.25, 0.3) is 0 Å². The summed E-state index contributed by atoms with van der Waals surface area (Å²) in [6.45, 7) is 3.04. The fourth-order valence-corrected chi connectivity index (χ4v) is 1.78. The zero-order chi connectivity index (χ0) is 12.4. The molecule has 92 valence electrons. The highest BCUT2D eigenvalue weighted by Gasteiger charge is 2.08. The molecule has 0 aliphatic carbocycles. The van der Waals surface area contributed by atoms with Crippen molar-refractivity contribution in [1.82, 2.24) is 30.4 Å². The molecule has 7 nitrogen and oxygen atoms in total. The standard InChI is InChI=1S/C11H13N7/c1-2-3-4-12-9-7-5-8-11(17-18-16-8)15-10(7)14-6-13-9/h5-6H,2-4H2,1H3,(H2,12,13,14,15,16,17,18). The Balaban J connectivity index is 2.07. The molecule has 2 N–H and O–H groups in total. The molecule has 0 radical (unpaired) electrons. The number of rotatable bonds is 4. The van der Waals surface area contributed by atoms with Gasteiger partial charge in [-0.15, -0.1) is 5.10 Å². The Kier molecular flexibility index (Phi) is 2.71. The minimum absolute atomic E-state index is 0.570. The predicted octanol–water partition coefficient (Wildman–Crippen LogP) is 1.51. The molecular formula is C11H13N7. The number of aromatic nitrogens is 6. The summed E-state index contributed by atoms with van der Waals surface area (Å²) in [6, 6.07) is 1.90. The van der Waals surface area contributed by atoms with Crippen LogP contribution in [0.3, 0.4) is 0 Å². The van der Waals surface area contributed by atoms with E-state index in [1.165, 1.54) is 6.33 Å². The second kappa shape index (κ2) is 4.52. The number of aromatic amines is 1. The van der Waals surface area contributed by atoms with E-state index in [1.807, 2.05) is 6.07 Å². The van der Waals surface area contributed by atoms with Crippen LogP contribution in [0.2, 0.25) is 0 Å². The first-order chi connectivity index (χ1) is 8.88. The van der Waals surface area contributed by atoms with Crippen LogP contribution in [0.15, 0.2) is 12.4 Å². The molecule has 0 saturated carbocycles. The highest BCUT2D eigenvalue weighted by molar-refractivity contribution is 5.93. The molecule has 3 rings (SSSR count). The number of fused-ring (bicyclic) bond motifs is 2. The first-order valence-corrected chi connectivity index (χ1v) is 5.94. The van der Waals surface area contributed by atoms with Gasteiger partial charge in [-0.2, -0.15) is 10.3 Å². The van der Waals surface area contributed by atoms with Crippen molar-refractivity contribution in [2.45, 2.75) is 19.8 Å². The highest BCUT2D eigenvalue weighted by Crippen LogP contribution is 2.20. The van der Waals surface area contributed by atoms with Crippen LogP contribution in [0, 0.1) is 0 Å². The molecule has 0 aliphatic heterocycles. The van der Waals surface area contributed by atoms with E-state index >= 15 is 0 Å². The normalized spacial score (nSPS) is 11.2. The summed E-state index contributed by atoms with van der Waals surface area (Å²) in [6.07, 6.45) is 3.75. The van der Waals surface area contributed by atoms with E-state index in [9.17, 15) is 0 Å². The largest absolute Gasteiger partial charge is 0.369 e. The van der Waals surface area contributed by atoms with Crippen molar-refractivity contribution >= 4 is 28.0 Å². The molecule has 0 spiro atoms. The van der Waals surface area contributed by atoms with Gasteiger partial charge in [0, 0.05) is 6.54 Å². The Morgan fingerprint density at radius 3 is 3.06 bits per heavy atom. The molecule has 0 saturated heterocycles. The maximum atomic E-state index is 4.33. The molecule has 3 aromatic heterocycles.